The van der Waals surface area contributed by atoms with Crippen molar-refractivity contribution in [2.24, 2.45) is 0 Å². The smallest absolute Gasteiger partial charge is 0.257 e. The van der Waals surface area contributed by atoms with E-state index in [1.165, 1.54) is 6.07 Å². The standard InChI is InChI=1S/C14H19F2NO2/c1-2-3-9-19-10-5-8-17-14(18)13-11(15)6-4-7-12(13)16/h4,6-7H,2-3,5,8-10H2,1H3,(H,17,18). The highest BCUT2D eigenvalue weighted by Gasteiger charge is 2.15. The largest absolute Gasteiger partial charge is 0.381 e. The lowest BCUT2D eigenvalue weighted by Crippen LogP contribution is -2.27. The van der Waals surface area contributed by atoms with E-state index in [1.54, 1.807) is 0 Å². The van der Waals surface area contributed by atoms with Gasteiger partial charge in [-0.3, -0.25) is 4.79 Å². The number of rotatable bonds is 8. The van der Waals surface area contributed by atoms with E-state index >= 15 is 0 Å². The van der Waals surface area contributed by atoms with Gasteiger partial charge in [0.05, 0.1) is 0 Å². The molecule has 0 aliphatic carbocycles. The third kappa shape index (κ3) is 5.34. The molecule has 0 unspecified atom stereocenters. The van der Waals surface area contributed by atoms with Gasteiger partial charge in [0.2, 0.25) is 0 Å². The molecule has 0 spiro atoms. The van der Waals surface area contributed by atoms with Crippen LogP contribution in [0.2, 0.25) is 0 Å². The van der Waals surface area contributed by atoms with Crippen molar-refractivity contribution in [1.29, 1.82) is 0 Å². The van der Waals surface area contributed by atoms with Crippen LogP contribution >= 0.6 is 0 Å². The van der Waals surface area contributed by atoms with Crippen LogP contribution in [0.5, 0.6) is 0 Å². The van der Waals surface area contributed by atoms with Crippen molar-refractivity contribution in [3.8, 4) is 0 Å². The minimum absolute atomic E-state index is 0.332. The van der Waals surface area contributed by atoms with E-state index in [9.17, 15) is 13.6 Å². The van der Waals surface area contributed by atoms with Crippen molar-refractivity contribution in [2.75, 3.05) is 19.8 Å². The third-order valence-corrected chi connectivity index (χ3v) is 2.58. The molecule has 0 radical (unpaired) electrons. The van der Waals surface area contributed by atoms with Gasteiger partial charge in [0.15, 0.2) is 0 Å². The van der Waals surface area contributed by atoms with Crippen LogP contribution in [-0.4, -0.2) is 25.7 Å². The van der Waals surface area contributed by atoms with Crippen molar-refractivity contribution in [3.63, 3.8) is 0 Å². The van der Waals surface area contributed by atoms with Gasteiger partial charge in [-0.05, 0) is 25.0 Å². The quantitative estimate of drug-likeness (QED) is 0.738. The summed E-state index contributed by atoms with van der Waals surface area (Å²) >= 11 is 0. The van der Waals surface area contributed by atoms with Crippen molar-refractivity contribution in [3.05, 3.63) is 35.4 Å². The molecule has 1 aromatic carbocycles. The topological polar surface area (TPSA) is 38.3 Å². The summed E-state index contributed by atoms with van der Waals surface area (Å²) in [7, 11) is 0. The Morgan fingerprint density at radius 1 is 1.21 bits per heavy atom. The van der Waals surface area contributed by atoms with E-state index in [-0.39, 0.29) is 0 Å². The number of carbonyl (C=O) groups is 1. The van der Waals surface area contributed by atoms with Crippen LogP contribution in [0.15, 0.2) is 18.2 Å². The number of benzene rings is 1. The van der Waals surface area contributed by atoms with Crippen molar-refractivity contribution >= 4 is 5.91 Å². The zero-order chi connectivity index (χ0) is 14.1. The highest BCUT2D eigenvalue weighted by Crippen LogP contribution is 2.11. The van der Waals surface area contributed by atoms with Crippen LogP contribution in [0.25, 0.3) is 0 Å². The molecule has 0 heterocycles. The highest BCUT2D eigenvalue weighted by atomic mass is 19.1. The number of nitrogens with one attached hydrogen (secondary N) is 1. The number of hydrogen-bond donors (Lipinski definition) is 1. The monoisotopic (exact) mass is 271 g/mol. The Labute approximate surface area is 112 Å². The van der Waals surface area contributed by atoms with Crippen LogP contribution in [0, 0.1) is 11.6 Å². The van der Waals surface area contributed by atoms with Crippen LogP contribution in [0.3, 0.4) is 0 Å². The first-order valence-corrected chi connectivity index (χ1v) is 6.46. The van der Waals surface area contributed by atoms with Crippen LogP contribution in [-0.2, 0) is 4.74 Å². The normalized spacial score (nSPS) is 10.5. The first-order valence-electron chi connectivity index (χ1n) is 6.46. The van der Waals surface area contributed by atoms with Gasteiger partial charge >= 0.3 is 0 Å². The summed E-state index contributed by atoms with van der Waals surface area (Å²) in [6.07, 6.45) is 2.70. The lowest BCUT2D eigenvalue weighted by molar-refractivity contribution is 0.0932. The molecule has 0 saturated heterocycles. The number of halogens is 2. The molecular formula is C14H19F2NO2. The van der Waals surface area contributed by atoms with E-state index in [0.29, 0.717) is 26.2 Å². The Hall–Kier alpha value is -1.49. The van der Waals surface area contributed by atoms with Gasteiger partial charge in [-0.25, -0.2) is 8.78 Å². The summed E-state index contributed by atoms with van der Waals surface area (Å²) in [6.45, 7) is 3.64. The van der Waals surface area contributed by atoms with Crippen LogP contribution in [0.4, 0.5) is 8.78 Å². The van der Waals surface area contributed by atoms with E-state index in [1.807, 2.05) is 0 Å². The number of amides is 1. The molecule has 5 heteroatoms. The Balaban J connectivity index is 2.28. The van der Waals surface area contributed by atoms with Crippen molar-refractivity contribution in [2.45, 2.75) is 26.2 Å². The van der Waals surface area contributed by atoms with Crippen LogP contribution in [0.1, 0.15) is 36.5 Å². The van der Waals surface area contributed by atoms with Gasteiger partial charge in [-0.15, -0.1) is 0 Å². The number of hydrogen-bond acceptors (Lipinski definition) is 2. The summed E-state index contributed by atoms with van der Waals surface area (Å²) in [4.78, 5) is 11.6. The maximum absolute atomic E-state index is 13.3. The maximum Gasteiger partial charge on any atom is 0.257 e. The van der Waals surface area contributed by atoms with Gasteiger partial charge in [-0.2, -0.15) is 0 Å². The molecule has 0 aromatic heterocycles. The predicted octanol–water partition coefficient (Wildman–Crippen LogP) is 2.90. The molecule has 0 fully saturated rings. The average molecular weight is 271 g/mol. The first kappa shape index (κ1) is 15.6. The Morgan fingerprint density at radius 2 is 1.84 bits per heavy atom. The molecular weight excluding hydrogens is 252 g/mol. The molecule has 3 nitrogen and oxygen atoms in total. The van der Waals surface area contributed by atoms with Crippen molar-refractivity contribution in [1.82, 2.24) is 5.32 Å². The maximum atomic E-state index is 13.3. The molecule has 19 heavy (non-hydrogen) atoms. The third-order valence-electron chi connectivity index (χ3n) is 2.58. The number of ether oxygens (including phenoxy) is 1. The lowest BCUT2D eigenvalue weighted by Gasteiger charge is -2.07. The van der Waals surface area contributed by atoms with Crippen molar-refractivity contribution < 1.29 is 18.3 Å². The van der Waals surface area contributed by atoms with E-state index in [0.717, 1.165) is 25.0 Å². The molecule has 0 bridgehead atoms. The molecule has 0 aliphatic heterocycles. The SMILES string of the molecule is CCCCOCCCNC(=O)c1c(F)cccc1F. The number of unbranched alkanes of at least 4 members (excludes halogenated alkanes) is 1. The minimum Gasteiger partial charge on any atom is -0.381 e. The highest BCUT2D eigenvalue weighted by molar-refractivity contribution is 5.94. The summed E-state index contributed by atoms with van der Waals surface area (Å²) in [5.74, 6) is -2.43. The number of carbonyl (C=O) groups excluding carboxylic acids is 1. The predicted molar refractivity (Wildman–Crippen MR) is 69.0 cm³/mol. The molecule has 0 aliphatic rings. The zero-order valence-corrected chi connectivity index (χ0v) is 11.0. The zero-order valence-electron chi connectivity index (χ0n) is 11.0. The second-order valence-corrected chi connectivity index (χ2v) is 4.17. The van der Waals surface area contributed by atoms with Gasteiger partial charge in [0, 0.05) is 19.8 Å². The second kappa shape index (κ2) is 8.58. The van der Waals surface area contributed by atoms with Gasteiger partial charge < -0.3 is 10.1 Å². The molecule has 1 aromatic rings. The Kier molecular flexibility index (Phi) is 7.03. The summed E-state index contributed by atoms with van der Waals surface area (Å²) in [5, 5.41) is 2.47. The van der Waals surface area contributed by atoms with Gasteiger partial charge in [0.1, 0.15) is 17.2 Å². The molecule has 1 amide bonds. The van der Waals surface area contributed by atoms with E-state index in [4.69, 9.17) is 4.74 Å². The summed E-state index contributed by atoms with van der Waals surface area (Å²) in [5.41, 5.74) is -0.533. The molecule has 0 atom stereocenters. The summed E-state index contributed by atoms with van der Waals surface area (Å²) < 4.78 is 31.9. The first-order chi connectivity index (χ1) is 9.16. The van der Waals surface area contributed by atoms with Gasteiger partial charge in [0.25, 0.3) is 5.91 Å². The average Bonchev–Trinajstić information content (AvgIpc) is 2.37. The second-order valence-electron chi connectivity index (χ2n) is 4.17. The van der Waals surface area contributed by atoms with Gasteiger partial charge in [-0.1, -0.05) is 19.4 Å². The fourth-order valence-electron chi connectivity index (χ4n) is 1.53. The molecule has 1 rings (SSSR count). The Bertz CT molecular complexity index is 390. The lowest BCUT2D eigenvalue weighted by atomic mass is 10.2. The molecule has 1 N–H and O–H groups in total. The Morgan fingerprint density at radius 3 is 2.47 bits per heavy atom. The minimum atomic E-state index is -0.850. The van der Waals surface area contributed by atoms with E-state index in [2.05, 4.69) is 12.2 Å². The molecule has 0 saturated carbocycles. The molecule has 106 valence electrons. The van der Waals surface area contributed by atoms with Crippen LogP contribution < -0.4 is 5.32 Å². The summed E-state index contributed by atoms with van der Waals surface area (Å²) in [6, 6.07) is 3.35. The fourth-order valence-corrected chi connectivity index (χ4v) is 1.53. The fraction of sp³-hybridized carbons (Fsp3) is 0.500. The van der Waals surface area contributed by atoms with E-state index < -0.39 is 23.1 Å².